The number of rotatable bonds is 1. The van der Waals surface area contributed by atoms with E-state index in [-0.39, 0.29) is 17.7 Å². The molecule has 0 aliphatic carbocycles. The van der Waals surface area contributed by atoms with Gasteiger partial charge >= 0.3 is 0 Å². The van der Waals surface area contributed by atoms with Crippen LogP contribution in [0.25, 0.3) is 0 Å². The summed E-state index contributed by atoms with van der Waals surface area (Å²) in [5.41, 5.74) is 2.57. The minimum Gasteiger partial charge on any atom is -0.355 e. The minimum absolute atomic E-state index is 0.00856. The van der Waals surface area contributed by atoms with Crippen LogP contribution in [0.15, 0.2) is 24.3 Å². The Morgan fingerprint density at radius 1 is 1.28 bits per heavy atom. The second kappa shape index (κ2) is 4.44. The monoisotopic (exact) mass is 244 g/mol. The Hall–Kier alpha value is -1.84. The second-order valence-electron chi connectivity index (χ2n) is 4.98. The van der Waals surface area contributed by atoms with Gasteiger partial charge in [-0.05, 0) is 17.5 Å². The first-order valence-electron chi connectivity index (χ1n) is 6.36. The van der Waals surface area contributed by atoms with Crippen molar-refractivity contribution < 1.29 is 9.59 Å². The van der Waals surface area contributed by atoms with Gasteiger partial charge in [0.25, 0.3) is 0 Å². The molecule has 1 aromatic rings. The average Bonchev–Trinajstić information content (AvgIpc) is 2.84. The molecular formula is C14H16N2O2. The zero-order valence-electron chi connectivity index (χ0n) is 10.2. The maximum absolute atomic E-state index is 12.3. The topological polar surface area (TPSA) is 49.4 Å². The Bertz CT molecular complexity index is 498. The molecule has 2 aliphatic rings. The van der Waals surface area contributed by atoms with Crippen LogP contribution in [0.2, 0.25) is 0 Å². The molecule has 1 fully saturated rings. The van der Waals surface area contributed by atoms with Crippen molar-refractivity contribution in [2.75, 3.05) is 13.1 Å². The van der Waals surface area contributed by atoms with Crippen LogP contribution in [0.1, 0.15) is 17.5 Å². The molecule has 1 N–H and O–H groups in total. The van der Waals surface area contributed by atoms with Gasteiger partial charge in [-0.3, -0.25) is 9.59 Å². The third kappa shape index (κ3) is 1.98. The van der Waals surface area contributed by atoms with Crippen molar-refractivity contribution in [2.45, 2.75) is 19.4 Å². The molecule has 0 saturated carbocycles. The maximum Gasteiger partial charge on any atom is 0.228 e. The normalized spacial score (nSPS) is 22.6. The Morgan fingerprint density at radius 3 is 2.78 bits per heavy atom. The highest BCUT2D eigenvalue weighted by Crippen LogP contribution is 2.21. The van der Waals surface area contributed by atoms with Gasteiger partial charge in [-0.1, -0.05) is 24.3 Å². The molecule has 4 heteroatoms. The van der Waals surface area contributed by atoms with Gasteiger partial charge in [0.2, 0.25) is 11.8 Å². The van der Waals surface area contributed by atoms with Gasteiger partial charge in [0.1, 0.15) is 0 Å². The van der Waals surface area contributed by atoms with E-state index in [0.29, 0.717) is 19.5 Å². The van der Waals surface area contributed by atoms with E-state index in [1.54, 1.807) is 0 Å². The second-order valence-corrected chi connectivity index (χ2v) is 4.98. The van der Waals surface area contributed by atoms with Crippen LogP contribution in [0.3, 0.4) is 0 Å². The van der Waals surface area contributed by atoms with Crippen LogP contribution in [-0.2, 0) is 22.6 Å². The number of carbonyl (C=O) groups is 2. The van der Waals surface area contributed by atoms with E-state index in [0.717, 1.165) is 13.0 Å². The SMILES string of the molecule is O=C1CC(C(=O)N2CCc3ccccc3C2)CN1. The summed E-state index contributed by atoms with van der Waals surface area (Å²) in [5, 5.41) is 2.72. The fourth-order valence-electron chi connectivity index (χ4n) is 2.72. The highest BCUT2D eigenvalue weighted by molar-refractivity contribution is 5.89. The van der Waals surface area contributed by atoms with Crippen LogP contribution in [0.5, 0.6) is 0 Å². The predicted octanol–water partition coefficient (Wildman–Crippen LogP) is 0.707. The summed E-state index contributed by atoms with van der Waals surface area (Å²) < 4.78 is 0. The summed E-state index contributed by atoms with van der Waals surface area (Å²) in [6, 6.07) is 8.24. The lowest BCUT2D eigenvalue weighted by molar-refractivity contribution is -0.136. The quantitative estimate of drug-likeness (QED) is 0.791. The van der Waals surface area contributed by atoms with E-state index in [9.17, 15) is 9.59 Å². The first kappa shape index (κ1) is 11.3. The summed E-state index contributed by atoms with van der Waals surface area (Å²) in [5.74, 6) is -0.0589. The number of hydrogen-bond donors (Lipinski definition) is 1. The van der Waals surface area contributed by atoms with Gasteiger partial charge in [0, 0.05) is 26.1 Å². The highest BCUT2D eigenvalue weighted by atomic mass is 16.2. The molecule has 4 nitrogen and oxygen atoms in total. The van der Waals surface area contributed by atoms with Crippen molar-refractivity contribution in [3.05, 3.63) is 35.4 Å². The first-order chi connectivity index (χ1) is 8.74. The first-order valence-corrected chi connectivity index (χ1v) is 6.36. The van der Waals surface area contributed by atoms with Gasteiger partial charge in [-0.2, -0.15) is 0 Å². The van der Waals surface area contributed by atoms with Gasteiger partial charge in [0.05, 0.1) is 5.92 Å². The zero-order chi connectivity index (χ0) is 12.5. The van der Waals surface area contributed by atoms with Crippen LogP contribution in [0.4, 0.5) is 0 Å². The fraction of sp³-hybridized carbons (Fsp3) is 0.429. The lowest BCUT2D eigenvalue weighted by Crippen LogP contribution is -2.40. The molecule has 0 radical (unpaired) electrons. The Morgan fingerprint density at radius 2 is 2.06 bits per heavy atom. The van der Waals surface area contributed by atoms with Crippen molar-refractivity contribution in [3.8, 4) is 0 Å². The molecule has 2 amide bonds. The summed E-state index contributed by atoms with van der Waals surface area (Å²) >= 11 is 0. The van der Waals surface area contributed by atoms with E-state index >= 15 is 0 Å². The van der Waals surface area contributed by atoms with Crippen LogP contribution >= 0.6 is 0 Å². The van der Waals surface area contributed by atoms with Crippen LogP contribution < -0.4 is 5.32 Å². The number of hydrogen-bond acceptors (Lipinski definition) is 2. The summed E-state index contributed by atoms with van der Waals surface area (Å²) in [4.78, 5) is 25.3. The third-order valence-corrected chi connectivity index (χ3v) is 3.77. The van der Waals surface area contributed by atoms with Crippen molar-refractivity contribution in [1.82, 2.24) is 10.2 Å². The number of fused-ring (bicyclic) bond motifs is 1. The number of nitrogens with one attached hydrogen (secondary N) is 1. The minimum atomic E-state index is -0.164. The molecule has 1 saturated heterocycles. The van der Waals surface area contributed by atoms with Crippen molar-refractivity contribution in [2.24, 2.45) is 5.92 Å². The zero-order valence-corrected chi connectivity index (χ0v) is 10.2. The summed E-state index contributed by atoms with van der Waals surface area (Å²) in [6.07, 6.45) is 1.26. The number of carbonyl (C=O) groups excluding carboxylic acids is 2. The Kier molecular flexibility index (Phi) is 2.78. The van der Waals surface area contributed by atoms with Crippen molar-refractivity contribution in [1.29, 1.82) is 0 Å². The summed E-state index contributed by atoms with van der Waals surface area (Å²) in [7, 11) is 0. The average molecular weight is 244 g/mol. The van der Waals surface area contributed by atoms with E-state index < -0.39 is 0 Å². The molecule has 2 aliphatic heterocycles. The molecule has 2 heterocycles. The lowest BCUT2D eigenvalue weighted by Gasteiger charge is -2.30. The van der Waals surface area contributed by atoms with Gasteiger partial charge < -0.3 is 10.2 Å². The number of nitrogens with zero attached hydrogens (tertiary/aromatic N) is 1. The number of benzene rings is 1. The third-order valence-electron chi connectivity index (χ3n) is 3.77. The van der Waals surface area contributed by atoms with E-state index in [1.165, 1.54) is 11.1 Å². The Labute approximate surface area is 106 Å². The van der Waals surface area contributed by atoms with Gasteiger partial charge in [-0.25, -0.2) is 0 Å². The standard InChI is InChI=1S/C14H16N2O2/c17-13-7-12(8-15-13)14(18)16-6-5-10-3-1-2-4-11(10)9-16/h1-4,12H,5-9H2,(H,15,17). The van der Waals surface area contributed by atoms with Crippen LogP contribution in [0, 0.1) is 5.92 Å². The van der Waals surface area contributed by atoms with E-state index in [4.69, 9.17) is 0 Å². The molecule has 18 heavy (non-hydrogen) atoms. The molecule has 94 valence electrons. The molecule has 3 rings (SSSR count). The van der Waals surface area contributed by atoms with E-state index in [2.05, 4.69) is 17.4 Å². The predicted molar refractivity (Wildman–Crippen MR) is 66.7 cm³/mol. The molecule has 0 aromatic heterocycles. The van der Waals surface area contributed by atoms with Crippen molar-refractivity contribution >= 4 is 11.8 Å². The summed E-state index contributed by atoms with van der Waals surface area (Å²) in [6.45, 7) is 1.94. The molecule has 1 unspecified atom stereocenters. The van der Waals surface area contributed by atoms with Gasteiger partial charge in [0.15, 0.2) is 0 Å². The molecule has 1 aromatic carbocycles. The molecule has 1 atom stereocenters. The van der Waals surface area contributed by atoms with E-state index in [1.807, 2.05) is 17.0 Å². The van der Waals surface area contributed by atoms with Crippen molar-refractivity contribution in [3.63, 3.8) is 0 Å². The smallest absolute Gasteiger partial charge is 0.228 e. The molecule has 0 bridgehead atoms. The van der Waals surface area contributed by atoms with Crippen LogP contribution in [-0.4, -0.2) is 29.8 Å². The van der Waals surface area contributed by atoms with Gasteiger partial charge in [-0.15, -0.1) is 0 Å². The Balaban J connectivity index is 1.72. The lowest BCUT2D eigenvalue weighted by atomic mass is 9.98. The number of amides is 2. The molecular weight excluding hydrogens is 228 g/mol. The highest BCUT2D eigenvalue weighted by Gasteiger charge is 2.32. The fourth-order valence-corrected chi connectivity index (χ4v) is 2.72. The maximum atomic E-state index is 12.3. The molecule has 0 spiro atoms. The largest absolute Gasteiger partial charge is 0.355 e.